The third-order valence-electron chi connectivity index (χ3n) is 2.45. The first kappa shape index (κ1) is 12.3. The van der Waals surface area contributed by atoms with E-state index in [-0.39, 0.29) is 5.75 Å². The van der Waals surface area contributed by atoms with Gasteiger partial charge in [0.05, 0.1) is 12.3 Å². The number of hydrogen-bond acceptors (Lipinski definition) is 2. The number of imidazole rings is 1. The van der Waals surface area contributed by atoms with Gasteiger partial charge in [0.2, 0.25) is 0 Å². The van der Waals surface area contributed by atoms with Crippen LogP contribution in [0.1, 0.15) is 6.42 Å². The molecule has 17 heavy (non-hydrogen) atoms. The molecule has 0 saturated heterocycles. The summed E-state index contributed by atoms with van der Waals surface area (Å²) in [6.07, 6.45) is 3.99. The minimum Gasteiger partial charge on any atom is -0.286 e. The zero-order valence-electron chi connectivity index (χ0n) is 8.95. The summed E-state index contributed by atoms with van der Waals surface area (Å²) < 4.78 is 33.5. The average molecular weight is 276 g/mol. The summed E-state index contributed by atoms with van der Waals surface area (Å²) in [6.45, 7) is 0.511. The Labute approximate surface area is 104 Å². The number of aryl methyl sites for hydroxylation is 1. The van der Waals surface area contributed by atoms with Gasteiger partial charge in [-0.1, -0.05) is 0 Å². The van der Waals surface area contributed by atoms with E-state index >= 15 is 0 Å². The molecule has 0 fully saturated rings. The first-order chi connectivity index (χ1) is 7.97. The normalized spacial score (nSPS) is 12.1. The van der Waals surface area contributed by atoms with Crippen molar-refractivity contribution in [1.82, 2.24) is 4.40 Å². The second kappa shape index (κ2) is 4.64. The largest absolute Gasteiger partial charge is 0.287 e. The van der Waals surface area contributed by atoms with E-state index in [9.17, 15) is 8.42 Å². The minimum absolute atomic E-state index is 0.238. The summed E-state index contributed by atoms with van der Waals surface area (Å²) in [5.74, 6) is -0.238. The van der Waals surface area contributed by atoms with Crippen LogP contribution >= 0.6 is 11.6 Å². The van der Waals surface area contributed by atoms with E-state index in [0.29, 0.717) is 18.1 Å². The van der Waals surface area contributed by atoms with Crippen molar-refractivity contribution in [3.8, 4) is 0 Å². The van der Waals surface area contributed by atoms with E-state index in [1.54, 1.807) is 10.5 Å². The molecule has 2 aromatic rings. The molecule has 2 rings (SSSR count). The van der Waals surface area contributed by atoms with Crippen molar-refractivity contribution >= 4 is 27.4 Å². The fourth-order valence-corrected chi connectivity index (χ4v) is 2.40. The molecular weight excluding hydrogens is 264 g/mol. The Morgan fingerprint density at radius 3 is 2.88 bits per heavy atom. The predicted octanol–water partition coefficient (Wildman–Crippen LogP) is 1.16. The van der Waals surface area contributed by atoms with Gasteiger partial charge >= 0.3 is 0 Å². The van der Waals surface area contributed by atoms with E-state index in [0.717, 1.165) is 5.65 Å². The van der Waals surface area contributed by atoms with Crippen LogP contribution in [0, 0.1) is 0 Å². The monoisotopic (exact) mass is 275 g/mol. The van der Waals surface area contributed by atoms with Gasteiger partial charge in [0.15, 0.2) is 5.15 Å². The first-order valence-corrected chi connectivity index (χ1v) is 7.06. The third kappa shape index (κ3) is 2.96. The highest BCUT2D eigenvalue weighted by molar-refractivity contribution is 7.85. The van der Waals surface area contributed by atoms with E-state index in [1.807, 2.05) is 29.1 Å². The van der Waals surface area contributed by atoms with Gasteiger partial charge in [0.25, 0.3) is 15.8 Å². The molecule has 2 heterocycles. The first-order valence-electron chi connectivity index (χ1n) is 5.07. The van der Waals surface area contributed by atoms with Gasteiger partial charge in [-0.15, -0.1) is 0 Å². The zero-order chi connectivity index (χ0) is 12.5. The predicted molar refractivity (Wildman–Crippen MR) is 63.6 cm³/mol. The Kier molecular flexibility index (Phi) is 3.37. The number of aromatic nitrogens is 2. The molecule has 0 aromatic carbocycles. The molecule has 0 amide bonds. The zero-order valence-corrected chi connectivity index (χ0v) is 10.5. The molecule has 0 unspecified atom stereocenters. The molecule has 0 atom stereocenters. The molecular formula is C10H12ClN2O3S+. The topological polar surface area (TPSA) is 62.7 Å². The van der Waals surface area contributed by atoms with Gasteiger partial charge in [-0.05, 0) is 23.7 Å². The molecule has 0 spiro atoms. The average Bonchev–Trinajstić information content (AvgIpc) is 2.61. The maximum atomic E-state index is 10.6. The molecule has 7 heteroatoms. The number of nitrogens with zero attached hydrogens (tertiary/aromatic N) is 2. The third-order valence-corrected chi connectivity index (χ3v) is 3.56. The lowest BCUT2D eigenvalue weighted by Gasteiger charge is -1.97. The Hall–Kier alpha value is -1.11. The van der Waals surface area contributed by atoms with E-state index < -0.39 is 10.1 Å². The maximum absolute atomic E-state index is 10.6. The molecule has 0 aliphatic carbocycles. The number of fused-ring (bicyclic) bond motifs is 1. The smallest absolute Gasteiger partial charge is 0.286 e. The molecule has 92 valence electrons. The van der Waals surface area contributed by atoms with Crippen LogP contribution in [0.5, 0.6) is 0 Å². The summed E-state index contributed by atoms with van der Waals surface area (Å²) >= 11 is 5.99. The van der Waals surface area contributed by atoms with Gasteiger partial charge in [-0.2, -0.15) is 12.8 Å². The summed E-state index contributed by atoms with van der Waals surface area (Å²) in [7, 11) is -3.88. The quantitative estimate of drug-likeness (QED) is 0.517. The van der Waals surface area contributed by atoms with Crippen LogP contribution in [-0.2, 0) is 16.7 Å². The summed E-state index contributed by atoms with van der Waals surface area (Å²) in [5, 5.41) is 0.594. The van der Waals surface area contributed by atoms with Gasteiger partial charge in [0.1, 0.15) is 12.4 Å². The van der Waals surface area contributed by atoms with Crippen LogP contribution < -0.4 is 4.57 Å². The van der Waals surface area contributed by atoms with E-state index in [1.165, 1.54) is 0 Å². The van der Waals surface area contributed by atoms with Gasteiger partial charge in [-0.25, -0.2) is 4.57 Å². The van der Waals surface area contributed by atoms with Crippen molar-refractivity contribution < 1.29 is 17.5 Å². The fourth-order valence-electron chi connectivity index (χ4n) is 1.70. The molecule has 0 saturated carbocycles. The lowest BCUT2D eigenvalue weighted by atomic mass is 10.4. The SMILES string of the molecule is O=S(=O)(O)CCC[n+]1ccn2c(Cl)cccc21. The lowest BCUT2D eigenvalue weighted by molar-refractivity contribution is -0.670. The molecule has 0 bridgehead atoms. The van der Waals surface area contributed by atoms with Gasteiger partial charge in [-0.3, -0.25) is 4.55 Å². The van der Waals surface area contributed by atoms with Crippen molar-refractivity contribution in [2.24, 2.45) is 0 Å². The van der Waals surface area contributed by atoms with Crippen LogP contribution in [-0.4, -0.2) is 23.1 Å². The van der Waals surface area contributed by atoms with Gasteiger partial charge < -0.3 is 0 Å². The van der Waals surface area contributed by atoms with Gasteiger partial charge in [0, 0.05) is 12.5 Å². The Morgan fingerprint density at radius 1 is 1.41 bits per heavy atom. The van der Waals surface area contributed by atoms with Crippen LogP contribution in [0.3, 0.4) is 0 Å². The number of rotatable bonds is 4. The number of halogens is 1. The second-order valence-electron chi connectivity index (χ2n) is 3.71. The lowest BCUT2D eigenvalue weighted by Crippen LogP contribution is -2.33. The van der Waals surface area contributed by atoms with E-state index in [2.05, 4.69) is 0 Å². The fraction of sp³-hybridized carbons (Fsp3) is 0.300. The highest BCUT2D eigenvalue weighted by atomic mass is 35.5. The van der Waals surface area contributed by atoms with Crippen LogP contribution in [0.25, 0.3) is 5.65 Å². The molecule has 0 aliphatic rings. The molecule has 5 nitrogen and oxygen atoms in total. The summed E-state index contributed by atoms with van der Waals surface area (Å²) in [5.41, 5.74) is 0.882. The molecule has 1 N–H and O–H groups in total. The number of pyridine rings is 1. The highest BCUT2D eigenvalue weighted by Gasteiger charge is 2.12. The standard InChI is InChI=1S/C10H11ClN2O3S/c11-9-3-1-4-10-12(6-7-13(9)10)5-2-8-17(14,15)16/h1,3-4,6-7H,2,5,8H2/p+1. The van der Waals surface area contributed by atoms with Crippen LogP contribution in [0.4, 0.5) is 0 Å². The second-order valence-corrected chi connectivity index (χ2v) is 5.67. The molecule has 0 radical (unpaired) electrons. The minimum atomic E-state index is -3.88. The van der Waals surface area contributed by atoms with Crippen molar-refractivity contribution in [2.75, 3.05) is 5.75 Å². The van der Waals surface area contributed by atoms with Crippen molar-refractivity contribution in [2.45, 2.75) is 13.0 Å². The van der Waals surface area contributed by atoms with Crippen molar-refractivity contribution in [1.29, 1.82) is 0 Å². The summed E-state index contributed by atoms with van der Waals surface area (Å²) in [4.78, 5) is 0. The highest BCUT2D eigenvalue weighted by Crippen LogP contribution is 2.09. The molecule has 0 aliphatic heterocycles. The Morgan fingerprint density at radius 2 is 2.18 bits per heavy atom. The van der Waals surface area contributed by atoms with Crippen molar-refractivity contribution in [3.63, 3.8) is 0 Å². The molecule has 2 aromatic heterocycles. The Balaban J connectivity index is 2.17. The number of hydrogen-bond donors (Lipinski definition) is 1. The van der Waals surface area contributed by atoms with Crippen LogP contribution in [0.2, 0.25) is 5.15 Å². The van der Waals surface area contributed by atoms with Crippen molar-refractivity contribution in [3.05, 3.63) is 35.7 Å². The Bertz CT molecular complexity index is 636. The summed E-state index contributed by atoms with van der Waals surface area (Å²) in [6, 6.07) is 5.49. The van der Waals surface area contributed by atoms with Crippen LogP contribution in [0.15, 0.2) is 30.6 Å². The maximum Gasteiger partial charge on any atom is 0.287 e. The van der Waals surface area contributed by atoms with E-state index in [4.69, 9.17) is 16.2 Å².